The van der Waals surface area contributed by atoms with E-state index in [1.54, 1.807) is 6.20 Å². The number of benzene rings is 1. The first-order chi connectivity index (χ1) is 12.8. The van der Waals surface area contributed by atoms with Crippen molar-refractivity contribution in [2.24, 2.45) is 0 Å². The van der Waals surface area contributed by atoms with Crippen molar-refractivity contribution in [2.75, 3.05) is 5.73 Å². The summed E-state index contributed by atoms with van der Waals surface area (Å²) in [7, 11) is 0. The Balaban J connectivity index is 1.41. The van der Waals surface area contributed by atoms with Crippen LogP contribution in [0.2, 0.25) is 0 Å². The van der Waals surface area contributed by atoms with Crippen LogP contribution in [-0.2, 0) is 6.42 Å². The predicted octanol–water partition coefficient (Wildman–Crippen LogP) is 4.62. The first-order valence-corrected chi connectivity index (χ1v) is 9.20. The standard InChI is InChI=1S/C21H23N3O2/c22-21-19(7-4-12-23-21)20-14-16(24-26-20)13-15-8-10-18(11-9-15)25-17-5-2-1-3-6-17/h4,7-12,14,17H,1-3,5-6,13H2,(H2,22,23). The summed E-state index contributed by atoms with van der Waals surface area (Å²) < 4.78 is 11.5. The summed E-state index contributed by atoms with van der Waals surface area (Å²) in [6, 6.07) is 13.9. The molecule has 0 spiro atoms. The highest BCUT2D eigenvalue weighted by molar-refractivity contribution is 5.69. The molecule has 2 N–H and O–H groups in total. The normalized spacial score (nSPS) is 15.1. The van der Waals surface area contributed by atoms with Gasteiger partial charge in [-0.1, -0.05) is 23.7 Å². The first kappa shape index (κ1) is 16.6. The van der Waals surface area contributed by atoms with E-state index in [2.05, 4.69) is 22.3 Å². The Bertz CT molecular complexity index is 852. The summed E-state index contributed by atoms with van der Waals surface area (Å²) in [6.45, 7) is 0. The molecule has 4 rings (SSSR count). The summed E-state index contributed by atoms with van der Waals surface area (Å²) in [5, 5.41) is 4.16. The lowest BCUT2D eigenvalue weighted by Crippen LogP contribution is -2.19. The number of nitrogens with two attached hydrogens (primary N) is 1. The Hall–Kier alpha value is -2.82. The fourth-order valence-electron chi connectivity index (χ4n) is 3.42. The molecule has 0 saturated heterocycles. The van der Waals surface area contributed by atoms with Crippen molar-refractivity contribution in [3.8, 4) is 17.1 Å². The molecular weight excluding hydrogens is 326 g/mol. The predicted molar refractivity (Wildman–Crippen MR) is 101 cm³/mol. The van der Waals surface area contributed by atoms with Crippen LogP contribution in [0.4, 0.5) is 5.82 Å². The second-order valence-corrected chi connectivity index (χ2v) is 6.82. The molecule has 0 bridgehead atoms. The van der Waals surface area contributed by atoms with Crippen molar-refractivity contribution in [1.29, 1.82) is 0 Å². The molecule has 134 valence electrons. The van der Waals surface area contributed by atoms with Gasteiger partial charge in [-0.3, -0.25) is 0 Å². The molecule has 5 nitrogen and oxygen atoms in total. The fraction of sp³-hybridized carbons (Fsp3) is 0.333. The maximum Gasteiger partial charge on any atom is 0.170 e. The molecule has 0 radical (unpaired) electrons. The monoisotopic (exact) mass is 349 g/mol. The summed E-state index contributed by atoms with van der Waals surface area (Å²) in [5.74, 6) is 2.03. The summed E-state index contributed by atoms with van der Waals surface area (Å²) in [4.78, 5) is 4.08. The van der Waals surface area contributed by atoms with Gasteiger partial charge in [0, 0.05) is 18.7 Å². The lowest BCUT2D eigenvalue weighted by atomic mass is 9.98. The van der Waals surface area contributed by atoms with Gasteiger partial charge >= 0.3 is 0 Å². The van der Waals surface area contributed by atoms with Crippen molar-refractivity contribution in [3.63, 3.8) is 0 Å². The van der Waals surface area contributed by atoms with Crippen LogP contribution in [0.1, 0.15) is 43.4 Å². The van der Waals surface area contributed by atoms with Crippen molar-refractivity contribution in [2.45, 2.75) is 44.6 Å². The van der Waals surface area contributed by atoms with Gasteiger partial charge in [-0.15, -0.1) is 0 Å². The zero-order chi connectivity index (χ0) is 17.8. The molecule has 0 atom stereocenters. The first-order valence-electron chi connectivity index (χ1n) is 9.20. The summed E-state index contributed by atoms with van der Waals surface area (Å²) in [5.41, 5.74) is 8.69. The highest BCUT2D eigenvalue weighted by Gasteiger charge is 2.15. The lowest BCUT2D eigenvalue weighted by Gasteiger charge is -2.23. The van der Waals surface area contributed by atoms with E-state index < -0.39 is 0 Å². The van der Waals surface area contributed by atoms with Crippen molar-refractivity contribution in [3.05, 3.63) is 59.9 Å². The van der Waals surface area contributed by atoms with Crippen LogP contribution >= 0.6 is 0 Å². The smallest absolute Gasteiger partial charge is 0.170 e. The maximum atomic E-state index is 6.08. The third-order valence-corrected chi connectivity index (χ3v) is 4.83. The molecule has 1 fully saturated rings. The quantitative estimate of drug-likeness (QED) is 0.727. The number of ether oxygens (including phenoxy) is 1. The van der Waals surface area contributed by atoms with E-state index in [1.165, 1.54) is 37.7 Å². The Morgan fingerprint density at radius 1 is 1.08 bits per heavy atom. The van der Waals surface area contributed by atoms with E-state index in [9.17, 15) is 0 Å². The number of hydrogen-bond donors (Lipinski definition) is 1. The highest BCUT2D eigenvalue weighted by Crippen LogP contribution is 2.26. The molecule has 1 aliphatic carbocycles. The van der Waals surface area contributed by atoms with Gasteiger partial charge in [0.15, 0.2) is 5.76 Å². The molecular formula is C21H23N3O2. The molecule has 5 heteroatoms. The van der Waals surface area contributed by atoms with E-state index in [-0.39, 0.29) is 0 Å². The number of rotatable bonds is 5. The van der Waals surface area contributed by atoms with Crippen LogP contribution < -0.4 is 10.5 Å². The van der Waals surface area contributed by atoms with E-state index in [0.29, 0.717) is 24.1 Å². The average molecular weight is 349 g/mol. The minimum atomic E-state index is 0.373. The van der Waals surface area contributed by atoms with Crippen LogP contribution in [0.3, 0.4) is 0 Å². The topological polar surface area (TPSA) is 74.2 Å². The summed E-state index contributed by atoms with van der Waals surface area (Å²) >= 11 is 0. The Kier molecular flexibility index (Phi) is 4.86. The van der Waals surface area contributed by atoms with Crippen molar-refractivity contribution in [1.82, 2.24) is 10.1 Å². The van der Waals surface area contributed by atoms with Crippen LogP contribution in [0.15, 0.2) is 53.2 Å². The summed E-state index contributed by atoms with van der Waals surface area (Å²) in [6.07, 6.45) is 8.96. The third-order valence-electron chi connectivity index (χ3n) is 4.83. The van der Waals surface area contributed by atoms with Crippen molar-refractivity contribution < 1.29 is 9.26 Å². The number of hydrogen-bond acceptors (Lipinski definition) is 5. The Morgan fingerprint density at radius 2 is 1.88 bits per heavy atom. The second kappa shape index (κ2) is 7.60. The van der Waals surface area contributed by atoms with Gasteiger partial charge in [0.05, 0.1) is 17.4 Å². The zero-order valence-corrected chi connectivity index (χ0v) is 14.7. The Labute approximate surface area is 153 Å². The van der Waals surface area contributed by atoms with E-state index in [0.717, 1.165) is 17.0 Å². The Morgan fingerprint density at radius 3 is 2.65 bits per heavy atom. The molecule has 1 saturated carbocycles. The van der Waals surface area contributed by atoms with E-state index in [1.807, 2.05) is 30.3 Å². The maximum absolute atomic E-state index is 6.08. The molecule has 1 aliphatic rings. The fourth-order valence-corrected chi connectivity index (χ4v) is 3.42. The van der Waals surface area contributed by atoms with Gasteiger partial charge < -0.3 is 15.0 Å². The largest absolute Gasteiger partial charge is 0.490 e. The van der Waals surface area contributed by atoms with Gasteiger partial charge in [-0.25, -0.2) is 4.98 Å². The number of nitrogens with zero attached hydrogens (tertiary/aromatic N) is 2. The SMILES string of the molecule is Nc1ncccc1-c1cc(Cc2ccc(OC3CCCCC3)cc2)no1. The third kappa shape index (κ3) is 3.87. The van der Waals surface area contributed by atoms with Gasteiger partial charge in [0.1, 0.15) is 11.6 Å². The van der Waals surface area contributed by atoms with Crippen LogP contribution in [0, 0.1) is 0 Å². The molecule has 2 heterocycles. The lowest BCUT2D eigenvalue weighted by molar-refractivity contribution is 0.155. The molecule has 0 unspecified atom stereocenters. The molecule has 26 heavy (non-hydrogen) atoms. The van der Waals surface area contributed by atoms with E-state index >= 15 is 0 Å². The van der Waals surface area contributed by atoms with Crippen molar-refractivity contribution >= 4 is 5.82 Å². The van der Waals surface area contributed by atoms with Crippen LogP contribution in [0.5, 0.6) is 5.75 Å². The highest BCUT2D eigenvalue weighted by atomic mass is 16.5. The average Bonchev–Trinajstić information content (AvgIpc) is 3.13. The number of pyridine rings is 1. The van der Waals surface area contributed by atoms with Gasteiger partial charge in [0.25, 0.3) is 0 Å². The number of anilines is 1. The second-order valence-electron chi connectivity index (χ2n) is 6.82. The molecule has 0 amide bonds. The van der Waals surface area contributed by atoms with Gasteiger partial charge in [-0.2, -0.15) is 0 Å². The van der Waals surface area contributed by atoms with Gasteiger partial charge in [0.2, 0.25) is 0 Å². The zero-order valence-electron chi connectivity index (χ0n) is 14.7. The molecule has 2 aromatic heterocycles. The van der Waals surface area contributed by atoms with Gasteiger partial charge in [-0.05, 0) is 55.5 Å². The van der Waals surface area contributed by atoms with Crippen LogP contribution in [0.25, 0.3) is 11.3 Å². The minimum Gasteiger partial charge on any atom is -0.490 e. The number of nitrogen functional groups attached to an aromatic ring is 1. The molecule has 3 aromatic rings. The molecule has 1 aromatic carbocycles. The van der Waals surface area contributed by atoms with Crippen LogP contribution in [-0.4, -0.2) is 16.2 Å². The molecule has 0 aliphatic heterocycles. The minimum absolute atomic E-state index is 0.373. The number of aromatic nitrogens is 2. The van der Waals surface area contributed by atoms with E-state index in [4.69, 9.17) is 15.0 Å².